The van der Waals surface area contributed by atoms with Gasteiger partial charge in [0.2, 0.25) is 5.91 Å². The molecule has 3 N–H and O–H groups in total. The van der Waals surface area contributed by atoms with Gasteiger partial charge in [-0.3, -0.25) is 4.79 Å². The molecule has 1 aromatic rings. The minimum atomic E-state index is 0. The minimum absolute atomic E-state index is 0. The average molecular weight is 315 g/mol. The van der Waals surface area contributed by atoms with Crippen LogP contribution in [0.15, 0.2) is 18.2 Å². The molecule has 6 heteroatoms. The van der Waals surface area contributed by atoms with Gasteiger partial charge in [0.15, 0.2) is 0 Å². The molecule has 1 amide bonds. The number of halogens is 1. The van der Waals surface area contributed by atoms with Crippen molar-refractivity contribution in [2.24, 2.45) is 0 Å². The van der Waals surface area contributed by atoms with Gasteiger partial charge >= 0.3 is 0 Å². The second-order valence-electron chi connectivity index (χ2n) is 4.87. The van der Waals surface area contributed by atoms with E-state index in [0.29, 0.717) is 13.0 Å². The van der Waals surface area contributed by atoms with Crippen molar-refractivity contribution in [3.8, 4) is 5.75 Å². The van der Waals surface area contributed by atoms with Crippen LogP contribution >= 0.6 is 12.4 Å². The number of fused-ring (bicyclic) bond motifs is 1. The van der Waals surface area contributed by atoms with Gasteiger partial charge < -0.3 is 20.5 Å². The van der Waals surface area contributed by atoms with Crippen molar-refractivity contribution in [3.05, 3.63) is 23.8 Å². The van der Waals surface area contributed by atoms with E-state index in [1.807, 2.05) is 18.2 Å². The largest absolute Gasteiger partial charge is 0.491 e. The summed E-state index contributed by atoms with van der Waals surface area (Å²) in [6.45, 7) is 2.52. The molecule has 1 aliphatic rings. The van der Waals surface area contributed by atoms with Crippen LogP contribution in [0.4, 0.5) is 5.69 Å². The molecule has 21 heavy (non-hydrogen) atoms. The fourth-order valence-corrected chi connectivity index (χ4v) is 2.21. The van der Waals surface area contributed by atoms with Crippen molar-refractivity contribution in [1.29, 1.82) is 0 Å². The van der Waals surface area contributed by atoms with Crippen molar-refractivity contribution in [3.63, 3.8) is 0 Å². The molecule has 0 fully saturated rings. The third-order valence-electron chi connectivity index (χ3n) is 3.27. The Morgan fingerprint density at radius 1 is 1.24 bits per heavy atom. The standard InChI is InChI=1S/C15H22N2O3.ClH/c18-10-2-8-16-9-3-11-20-13-5-1-4-12-6-7-14(19)17-15(12)13;/h1,4-5,16,18H,2-3,6-11H2,(H,17,19);1H. The van der Waals surface area contributed by atoms with Gasteiger partial charge in [0.05, 0.1) is 12.3 Å². The molecule has 0 aromatic heterocycles. The van der Waals surface area contributed by atoms with Gasteiger partial charge in [0.1, 0.15) is 5.75 Å². The summed E-state index contributed by atoms with van der Waals surface area (Å²) in [7, 11) is 0. The number of aryl methyl sites for hydroxylation is 1. The number of amides is 1. The van der Waals surface area contributed by atoms with Crippen LogP contribution < -0.4 is 15.4 Å². The van der Waals surface area contributed by atoms with Gasteiger partial charge in [0.25, 0.3) is 0 Å². The average Bonchev–Trinajstić information content (AvgIpc) is 2.46. The third-order valence-corrected chi connectivity index (χ3v) is 3.27. The second kappa shape index (κ2) is 9.60. The molecule has 0 spiro atoms. The molecule has 1 aromatic carbocycles. The number of ether oxygens (including phenoxy) is 1. The van der Waals surface area contributed by atoms with E-state index in [-0.39, 0.29) is 24.9 Å². The van der Waals surface area contributed by atoms with Gasteiger partial charge in [-0.25, -0.2) is 0 Å². The predicted octanol–water partition coefficient (Wildman–Crippen LogP) is 1.73. The smallest absolute Gasteiger partial charge is 0.224 e. The van der Waals surface area contributed by atoms with Crippen LogP contribution in [0, 0.1) is 0 Å². The molecule has 2 rings (SSSR count). The number of carbonyl (C=O) groups is 1. The molecule has 0 radical (unpaired) electrons. The minimum Gasteiger partial charge on any atom is -0.491 e. The van der Waals surface area contributed by atoms with E-state index >= 15 is 0 Å². The topological polar surface area (TPSA) is 70.6 Å². The van der Waals surface area contributed by atoms with Crippen LogP contribution in [0.1, 0.15) is 24.8 Å². The lowest BCUT2D eigenvalue weighted by molar-refractivity contribution is -0.116. The van der Waals surface area contributed by atoms with Crippen LogP contribution in [0.5, 0.6) is 5.75 Å². The number of hydrogen-bond acceptors (Lipinski definition) is 4. The fraction of sp³-hybridized carbons (Fsp3) is 0.533. The number of aliphatic hydroxyl groups is 1. The highest BCUT2D eigenvalue weighted by atomic mass is 35.5. The van der Waals surface area contributed by atoms with Gasteiger partial charge in [-0.2, -0.15) is 0 Å². The number of rotatable bonds is 8. The van der Waals surface area contributed by atoms with Gasteiger partial charge in [-0.1, -0.05) is 12.1 Å². The summed E-state index contributed by atoms with van der Waals surface area (Å²) < 4.78 is 5.76. The number of carbonyl (C=O) groups excluding carboxylic acids is 1. The van der Waals surface area contributed by atoms with Crippen LogP contribution in [0.2, 0.25) is 0 Å². The van der Waals surface area contributed by atoms with E-state index in [4.69, 9.17) is 9.84 Å². The van der Waals surface area contributed by atoms with E-state index in [1.165, 1.54) is 0 Å². The maximum absolute atomic E-state index is 11.5. The summed E-state index contributed by atoms with van der Waals surface area (Å²) in [4.78, 5) is 11.5. The van der Waals surface area contributed by atoms with Gasteiger partial charge in [-0.05, 0) is 44.0 Å². The molecule has 118 valence electrons. The van der Waals surface area contributed by atoms with Crippen molar-refractivity contribution in [2.45, 2.75) is 25.7 Å². The predicted molar refractivity (Wildman–Crippen MR) is 85.3 cm³/mol. The van der Waals surface area contributed by atoms with E-state index in [1.54, 1.807) is 0 Å². The Hall–Kier alpha value is -1.30. The molecule has 1 aliphatic heterocycles. The second-order valence-corrected chi connectivity index (χ2v) is 4.87. The molecule has 0 aliphatic carbocycles. The molecule has 0 saturated heterocycles. The zero-order valence-electron chi connectivity index (χ0n) is 12.1. The van der Waals surface area contributed by atoms with Crippen molar-refractivity contribution < 1.29 is 14.6 Å². The number of hydrogen-bond donors (Lipinski definition) is 3. The number of anilines is 1. The fourth-order valence-electron chi connectivity index (χ4n) is 2.21. The first-order valence-corrected chi connectivity index (χ1v) is 7.17. The van der Waals surface area contributed by atoms with Crippen molar-refractivity contribution >= 4 is 24.0 Å². The maximum Gasteiger partial charge on any atom is 0.224 e. The van der Waals surface area contributed by atoms with Crippen LogP contribution in [0.3, 0.4) is 0 Å². The summed E-state index contributed by atoms with van der Waals surface area (Å²) in [6.07, 6.45) is 2.99. The van der Waals surface area contributed by atoms with Crippen molar-refractivity contribution in [2.75, 3.05) is 31.6 Å². The maximum atomic E-state index is 11.5. The van der Waals surface area contributed by atoms with Crippen molar-refractivity contribution in [1.82, 2.24) is 5.32 Å². The Morgan fingerprint density at radius 2 is 2.05 bits per heavy atom. The Balaban J connectivity index is 0.00000220. The Kier molecular flexibility index (Phi) is 8.12. The number of aliphatic hydroxyl groups excluding tert-OH is 1. The number of benzene rings is 1. The summed E-state index contributed by atoms with van der Waals surface area (Å²) in [5, 5.41) is 14.8. The highest BCUT2D eigenvalue weighted by Gasteiger charge is 2.18. The molecular formula is C15H23ClN2O3. The first-order valence-electron chi connectivity index (χ1n) is 7.17. The SMILES string of the molecule is Cl.O=C1CCc2cccc(OCCCNCCCO)c2N1. The lowest BCUT2D eigenvalue weighted by atomic mass is 10.0. The van der Waals surface area contributed by atoms with Gasteiger partial charge in [0, 0.05) is 13.0 Å². The monoisotopic (exact) mass is 314 g/mol. The molecule has 1 heterocycles. The Labute approximate surface area is 131 Å². The van der Waals surface area contributed by atoms with E-state index in [2.05, 4.69) is 10.6 Å². The highest BCUT2D eigenvalue weighted by Crippen LogP contribution is 2.32. The molecule has 0 atom stereocenters. The first kappa shape index (κ1) is 17.8. The summed E-state index contributed by atoms with van der Waals surface area (Å²) in [6, 6.07) is 5.88. The summed E-state index contributed by atoms with van der Waals surface area (Å²) in [5.74, 6) is 0.810. The van der Waals surface area contributed by atoms with Gasteiger partial charge in [-0.15, -0.1) is 12.4 Å². The Morgan fingerprint density at radius 3 is 2.86 bits per heavy atom. The van der Waals surface area contributed by atoms with E-state index in [9.17, 15) is 4.79 Å². The lowest BCUT2D eigenvalue weighted by Gasteiger charge is -2.20. The molecule has 0 unspecified atom stereocenters. The van der Waals surface area contributed by atoms with Crippen LogP contribution in [-0.4, -0.2) is 37.3 Å². The zero-order chi connectivity index (χ0) is 14.2. The van der Waals surface area contributed by atoms with Crippen LogP contribution in [0.25, 0.3) is 0 Å². The molecule has 5 nitrogen and oxygen atoms in total. The first-order chi connectivity index (χ1) is 9.81. The highest BCUT2D eigenvalue weighted by molar-refractivity contribution is 5.95. The van der Waals surface area contributed by atoms with E-state index in [0.717, 1.165) is 49.4 Å². The third kappa shape index (κ3) is 5.53. The summed E-state index contributed by atoms with van der Waals surface area (Å²) >= 11 is 0. The number of para-hydroxylation sites is 1. The molecule has 0 saturated carbocycles. The quantitative estimate of drug-likeness (QED) is 0.639. The van der Waals surface area contributed by atoms with E-state index < -0.39 is 0 Å². The summed E-state index contributed by atoms with van der Waals surface area (Å²) in [5.41, 5.74) is 1.97. The lowest BCUT2D eigenvalue weighted by Crippen LogP contribution is -2.21. The molecular weight excluding hydrogens is 292 g/mol. The van der Waals surface area contributed by atoms with Crippen LogP contribution in [-0.2, 0) is 11.2 Å². The number of nitrogens with one attached hydrogen (secondary N) is 2. The normalized spacial score (nSPS) is 13.1. The zero-order valence-corrected chi connectivity index (χ0v) is 12.9. The Bertz CT molecular complexity index is 455. The molecule has 0 bridgehead atoms.